The van der Waals surface area contributed by atoms with Crippen molar-refractivity contribution in [3.8, 4) is 0 Å². The van der Waals surface area contributed by atoms with Crippen LogP contribution in [0.4, 0.5) is 13.6 Å². The molecule has 1 fully saturated rings. The number of alkyl carbamates (subject to hydrolysis) is 1. The molecule has 0 aromatic heterocycles. The molecule has 0 aliphatic heterocycles. The van der Waals surface area contributed by atoms with E-state index >= 15 is 0 Å². The molecule has 238 valence electrons. The number of hydrogen-bond acceptors (Lipinski definition) is 5. The molecule has 7 nitrogen and oxygen atoms in total. The second-order valence-electron chi connectivity index (χ2n) is 13.8. The first-order valence-electron chi connectivity index (χ1n) is 15.3. The summed E-state index contributed by atoms with van der Waals surface area (Å²) in [5.41, 5.74) is 1.71. The van der Waals surface area contributed by atoms with Crippen LogP contribution in [0.1, 0.15) is 96.8 Å². The number of halogens is 2. The van der Waals surface area contributed by atoms with Gasteiger partial charge in [0.25, 0.3) is 0 Å². The average Bonchev–Trinajstić information content (AvgIpc) is 2.90. The van der Waals surface area contributed by atoms with E-state index in [2.05, 4.69) is 61.0 Å². The van der Waals surface area contributed by atoms with Gasteiger partial charge in [-0.1, -0.05) is 64.3 Å². The van der Waals surface area contributed by atoms with Crippen molar-refractivity contribution in [1.29, 1.82) is 0 Å². The molecule has 0 saturated heterocycles. The lowest BCUT2D eigenvalue weighted by molar-refractivity contribution is -0.122. The summed E-state index contributed by atoms with van der Waals surface area (Å²) in [4.78, 5) is 24.8. The van der Waals surface area contributed by atoms with Crippen molar-refractivity contribution in [2.45, 2.75) is 115 Å². The quantitative estimate of drug-likeness (QED) is 0.253. The van der Waals surface area contributed by atoms with Crippen molar-refractivity contribution in [3.63, 3.8) is 0 Å². The third-order valence-corrected chi connectivity index (χ3v) is 7.85. The summed E-state index contributed by atoms with van der Waals surface area (Å²) < 4.78 is 33.2. The molecule has 9 heteroatoms. The second kappa shape index (κ2) is 14.6. The predicted octanol–water partition coefficient (Wildman–Crippen LogP) is 6.01. The minimum absolute atomic E-state index is 0.0146. The number of aliphatic hydroxyl groups is 1. The Hall–Kier alpha value is -3.04. The number of amides is 2. The summed E-state index contributed by atoms with van der Waals surface area (Å²) in [7, 11) is 0. The van der Waals surface area contributed by atoms with Gasteiger partial charge < -0.3 is 25.8 Å². The highest BCUT2D eigenvalue weighted by Gasteiger charge is 2.35. The summed E-state index contributed by atoms with van der Waals surface area (Å²) in [5, 5.41) is 20.4. The van der Waals surface area contributed by atoms with Crippen LogP contribution in [-0.2, 0) is 26.9 Å². The molecule has 1 aliphatic rings. The van der Waals surface area contributed by atoms with Gasteiger partial charge in [-0.3, -0.25) is 4.79 Å². The number of aliphatic hydroxyl groups excluding tert-OH is 1. The van der Waals surface area contributed by atoms with E-state index in [1.54, 1.807) is 20.8 Å². The first-order valence-corrected chi connectivity index (χ1v) is 15.3. The summed E-state index contributed by atoms with van der Waals surface area (Å²) in [6.07, 6.45) is 3.35. The molecule has 2 aromatic carbocycles. The van der Waals surface area contributed by atoms with Gasteiger partial charge in [0, 0.05) is 31.1 Å². The maximum atomic E-state index is 14.0. The maximum Gasteiger partial charge on any atom is 0.407 e. The molecule has 0 unspecified atom stereocenters. The summed E-state index contributed by atoms with van der Waals surface area (Å²) in [5.74, 6) is -1.87. The summed E-state index contributed by atoms with van der Waals surface area (Å²) >= 11 is 0. The first-order chi connectivity index (χ1) is 20.1. The number of rotatable bonds is 11. The Morgan fingerprint density at radius 1 is 0.977 bits per heavy atom. The molecule has 2 amide bonds. The van der Waals surface area contributed by atoms with E-state index in [1.165, 1.54) is 23.3 Å². The fraction of sp³-hybridized carbons (Fsp3) is 0.588. The van der Waals surface area contributed by atoms with Crippen LogP contribution in [0.3, 0.4) is 0 Å². The number of nitrogens with one attached hydrogen (secondary N) is 3. The van der Waals surface area contributed by atoms with E-state index in [4.69, 9.17) is 4.74 Å². The SMILES string of the molecule is CC(C)(C)OC(=O)NCCC(=O)N[C@@H](Cc1cc(F)cc(F)c1)[C@H](O)CNC1(c2cccc(C(C)(C)C)c2)CCCCC1. The summed E-state index contributed by atoms with van der Waals surface area (Å²) in [6, 6.07) is 11.0. The van der Waals surface area contributed by atoms with Crippen LogP contribution in [0.25, 0.3) is 0 Å². The van der Waals surface area contributed by atoms with Gasteiger partial charge in [0.1, 0.15) is 17.2 Å². The smallest absolute Gasteiger partial charge is 0.407 e. The minimum atomic E-state index is -1.06. The van der Waals surface area contributed by atoms with Crippen molar-refractivity contribution >= 4 is 12.0 Å². The molecule has 3 rings (SSSR count). The standard InChI is InChI=1S/C34H49F2N3O4/c1-32(2,3)24-11-10-12-25(20-24)34(14-8-7-9-15-34)38-22-29(40)28(19-23-17-26(35)21-27(36)18-23)39-30(41)13-16-37-31(42)43-33(4,5)6/h10-12,17-18,20-21,28-29,38,40H,7-9,13-16,19,22H2,1-6H3,(H,37,42)(H,39,41)/t28-,29+/m0/s1. The molecular formula is C34H49F2N3O4. The van der Waals surface area contributed by atoms with Gasteiger partial charge in [-0.25, -0.2) is 13.6 Å². The molecule has 0 bridgehead atoms. The molecule has 2 atom stereocenters. The fourth-order valence-corrected chi connectivity index (χ4v) is 5.59. The Kier molecular flexibility index (Phi) is 11.7. The van der Waals surface area contributed by atoms with E-state index in [1.807, 2.05) is 0 Å². The molecule has 1 saturated carbocycles. The lowest BCUT2D eigenvalue weighted by Crippen LogP contribution is -2.53. The number of carbonyl (C=O) groups is 2. The van der Waals surface area contributed by atoms with E-state index in [9.17, 15) is 23.5 Å². The van der Waals surface area contributed by atoms with E-state index < -0.39 is 41.4 Å². The van der Waals surface area contributed by atoms with Crippen molar-refractivity contribution in [3.05, 3.63) is 70.8 Å². The lowest BCUT2D eigenvalue weighted by Gasteiger charge is -2.41. The van der Waals surface area contributed by atoms with Gasteiger partial charge in [-0.05, 0) is 74.3 Å². The van der Waals surface area contributed by atoms with Crippen molar-refractivity contribution in [2.75, 3.05) is 13.1 Å². The molecule has 0 spiro atoms. The normalized spacial score (nSPS) is 16.7. The van der Waals surface area contributed by atoms with Crippen LogP contribution >= 0.6 is 0 Å². The zero-order chi connectivity index (χ0) is 31.8. The summed E-state index contributed by atoms with van der Waals surface area (Å²) in [6.45, 7) is 12.0. The highest BCUT2D eigenvalue weighted by Crippen LogP contribution is 2.38. The fourth-order valence-electron chi connectivity index (χ4n) is 5.59. The van der Waals surface area contributed by atoms with Crippen molar-refractivity contribution < 1.29 is 28.2 Å². The molecular weight excluding hydrogens is 552 g/mol. The zero-order valence-corrected chi connectivity index (χ0v) is 26.5. The molecule has 43 heavy (non-hydrogen) atoms. The monoisotopic (exact) mass is 601 g/mol. The number of ether oxygens (including phenoxy) is 1. The molecule has 1 aliphatic carbocycles. The highest BCUT2D eigenvalue weighted by molar-refractivity contribution is 5.77. The van der Waals surface area contributed by atoms with Gasteiger partial charge in [0.15, 0.2) is 0 Å². The number of carbonyl (C=O) groups excluding carboxylic acids is 2. The largest absolute Gasteiger partial charge is 0.444 e. The predicted molar refractivity (Wildman–Crippen MR) is 165 cm³/mol. The number of hydrogen-bond donors (Lipinski definition) is 4. The van der Waals surface area contributed by atoms with E-state index in [-0.39, 0.29) is 36.9 Å². The zero-order valence-electron chi connectivity index (χ0n) is 26.5. The molecule has 0 heterocycles. The van der Waals surface area contributed by atoms with Crippen LogP contribution in [0.15, 0.2) is 42.5 Å². The maximum absolute atomic E-state index is 14.0. The second-order valence-corrected chi connectivity index (χ2v) is 13.8. The van der Waals surface area contributed by atoms with E-state index in [0.29, 0.717) is 5.56 Å². The van der Waals surface area contributed by atoms with Gasteiger partial charge in [0.2, 0.25) is 5.91 Å². The Morgan fingerprint density at radius 3 is 2.23 bits per heavy atom. The van der Waals surface area contributed by atoms with Gasteiger partial charge in [-0.2, -0.15) is 0 Å². The van der Waals surface area contributed by atoms with Crippen LogP contribution in [-0.4, -0.2) is 47.9 Å². The van der Waals surface area contributed by atoms with Gasteiger partial charge >= 0.3 is 6.09 Å². The third kappa shape index (κ3) is 10.9. The first kappa shape index (κ1) is 34.5. The Morgan fingerprint density at radius 2 is 1.63 bits per heavy atom. The molecule has 2 aromatic rings. The lowest BCUT2D eigenvalue weighted by atomic mass is 9.74. The average molecular weight is 602 g/mol. The molecule has 0 radical (unpaired) electrons. The minimum Gasteiger partial charge on any atom is -0.444 e. The van der Waals surface area contributed by atoms with Gasteiger partial charge in [-0.15, -0.1) is 0 Å². The van der Waals surface area contributed by atoms with Crippen LogP contribution in [0.2, 0.25) is 0 Å². The topological polar surface area (TPSA) is 99.7 Å². The van der Waals surface area contributed by atoms with Gasteiger partial charge in [0.05, 0.1) is 12.1 Å². The third-order valence-electron chi connectivity index (χ3n) is 7.85. The molecule has 4 N–H and O–H groups in total. The van der Waals surface area contributed by atoms with Crippen molar-refractivity contribution in [2.24, 2.45) is 0 Å². The van der Waals surface area contributed by atoms with Crippen LogP contribution in [0, 0.1) is 11.6 Å². The van der Waals surface area contributed by atoms with Crippen LogP contribution in [0.5, 0.6) is 0 Å². The number of benzene rings is 2. The highest BCUT2D eigenvalue weighted by atomic mass is 19.1. The van der Waals surface area contributed by atoms with E-state index in [0.717, 1.165) is 38.2 Å². The van der Waals surface area contributed by atoms with Crippen molar-refractivity contribution in [1.82, 2.24) is 16.0 Å². The Balaban J connectivity index is 1.75. The van der Waals surface area contributed by atoms with Crippen LogP contribution < -0.4 is 16.0 Å². The Bertz CT molecular complexity index is 1210. The Labute approximate surface area is 255 Å².